The summed E-state index contributed by atoms with van der Waals surface area (Å²) in [6, 6.07) is 4.34. The molecule has 1 unspecified atom stereocenters. The Bertz CT molecular complexity index is 567. The predicted octanol–water partition coefficient (Wildman–Crippen LogP) is 1.16. The Hall–Kier alpha value is -1.95. The Labute approximate surface area is 129 Å². The van der Waals surface area contributed by atoms with Gasteiger partial charge in [-0.2, -0.15) is 0 Å². The van der Waals surface area contributed by atoms with E-state index < -0.39 is 0 Å². The molecule has 0 aliphatic carbocycles. The van der Waals surface area contributed by atoms with Crippen LogP contribution in [0.25, 0.3) is 0 Å². The van der Waals surface area contributed by atoms with Gasteiger partial charge in [0, 0.05) is 44.2 Å². The summed E-state index contributed by atoms with van der Waals surface area (Å²) in [4.78, 5) is 27.7. The molecule has 0 saturated carbocycles. The highest BCUT2D eigenvalue weighted by Gasteiger charge is 2.25. The van der Waals surface area contributed by atoms with E-state index >= 15 is 0 Å². The van der Waals surface area contributed by atoms with Crippen molar-refractivity contribution in [1.29, 1.82) is 0 Å². The van der Waals surface area contributed by atoms with Crippen molar-refractivity contribution >= 4 is 11.8 Å². The molecular weight excluding hydrogens is 285 g/mol. The number of hydrogen-bond donors (Lipinski definition) is 1. The van der Waals surface area contributed by atoms with Crippen molar-refractivity contribution in [2.24, 2.45) is 5.73 Å². The van der Waals surface area contributed by atoms with E-state index in [-0.39, 0.29) is 23.7 Å². The number of rotatable bonds is 3. The molecule has 22 heavy (non-hydrogen) atoms. The Balaban J connectivity index is 1.95. The van der Waals surface area contributed by atoms with E-state index in [9.17, 15) is 14.0 Å². The van der Waals surface area contributed by atoms with Crippen molar-refractivity contribution in [1.82, 2.24) is 9.80 Å². The van der Waals surface area contributed by atoms with Gasteiger partial charge in [-0.05, 0) is 31.5 Å². The zero-order chi connectivity index (χ0) is 16.3. The fourth-order valence-corrected chi connectivity index (χ4v) is 2.47. The van der Waals surface area contributed by atoms with E-state index in [1.54, 1.807) is 35.8 Å². The number of carbonyl (C=O) groups is 2. The van der Waals surface area contributed by atoms with Gasteiger partial charge in [-0.15, -0.1) is 0 Å². The summed E-state index contributed by atoms with van der Waals surface area (Å²) in [5, 5.41) is 0. The summed E-state index contributed by atoms with van der Waals surface area (Å²) in [5.41, 5.74) is 6.49. The minimum atomic E-state index is -0.378. The molecule has 1 heterocycles. The molecule has 1 aliphatic heterocycles. The fraction of sp³-hybridized carbons (Fsp3) is 0.500. The molecule has 0 radical (unpaired) electrons. The Morgan fingerprint density at radius 1 is 1.23 bits per heavy atom. The first-order valence-electron chi connectivity index (χ1n) is 7.47. The van der Waals surface area contributed by atoms with Gasteiger partial charge in [-0.1, -0.05) is 6.07 Å². The second-order valence-corrected chi connectivity index (χ2v) is 5.82. The molecule has 0 aromatic heterocycles. The smallest absolute Gasteiger partial charge is 0.254 e. The van der Waals surface area contributed by atoms with Crippen molar-refractivity contribution in [2.75, 3.05) is 26.2 Å². The van der Waals surface area contributed by atoms with Crippen molar-refractivity contribution in [3.05, 3.63) is 35.1 Å². The van der Waals surface area contributed by atoms with Crippen molar-refractivity contribution in [3.8, 4) is 0 Å². The van der Waals surface area contributed by atoms with Crippen LogP contribution in [0.1, 0.15) is 29.3 Å². The lowest BCUT2D eigenvalue weighted by Crippen LogP contribution is -2.51. The maximum Gasteiger partial charge on any atom is 0.254 e. The highest BCUT2D eigenvalue weighted by atomic mass is 19.1. The minimum absolute atomic E-state index is 0.0171. The van der Waals surface area contributed by atoms with Gasteiger partial charge >= 0.3 is 0 Å². The number of carbonyl (C=O) groups excluding carboxylic acids is 2. The number of benzene rings is 1. The SMILES string of the molecule is Cc1ccc(C(=O)N2CCN(C(=O)CC(C)N)CC2)cc1F. The zero-order valence-electron chi connectivity index (χ0n) is 13.0. The lowest BCUT2D eigenvalue weighted by atomic mass is 10.1. The molecule has 2 N–H and O–H groups in total. The van der Waals surface area contributed by atoms with Gasteiger partial charge in [0.2, 0.25) is 5.91 Å². The number of aryl methyl sites for hydroxylation is 1. The molecule has 1 atom stereocenters. The van der Waals surface area contributed by atoms with E-state index in [4.69, 9.17) is 5.73 Å². The van der Waals surface area contributed by atoms with E-state index in [1.165, 1.54) is 6.07 Å². The topological polar surface area (TPSA) is 66.6 Å². The molecule has 120 valence electrons. The van der Waals surface area contributed by atoms with Gasteiger partial charge in [-0.25, -0.2) is 4.39 Å². The number of hydrogen-bond acceptors (Lipinski definition) is 3. The predicted molar refractivity (Wildman–Crippen MR) is 81.9 cm³/mol. The van der Waals surface area contributed by atoms with E-state index in [0.717, 1.165) is 0 Å². The van der Waals surface area contributed by atoms with Crippen LogP contribution in [0.15, 0.2) is 18.2 Å². The summed E-state index contributed by atoms with van der Waals surface area (Å²) < 4.78 is 13.6. The van der Waals surface area contributed by atoms with Crippen LogP contribution in [-0.2, 0) is 4.79 Å². The van der Waals surface area contributed by atoms with Gasteiger partial charge < -0.3 is 15.5 Å². The molecule has 1 aromatic rings. The number of nitrogens with two attached hydrogens (primary N) is 1. The average molecular weight is 307 g/mol. The van der Waals surface area contributed by atoms with Crippen LogP contribution < -0.4 is 5.73 Å². The van der Waals surface area contributed by atoms with Crippen LogP contribution in [-0.4, -0.2) is 53.8 Å². The standard InChI is InChI=1S/C16H22FN3O2/c1-11-3-4-13(10-14(11)17)16(22)20-7-5-19(6-8-20)15(21)9-12(2)18/h3-4,10,12H,5-9,18H2,1-2H3. The van der Waals surface area contributed by atoms with Gasteiger partial charge in [0.1, 0.15) is 5.82 Å². The molecule has 2 rings (SSSR count). The largest absolute Gasteiger partial charge is 0.339 e. The van der Waals surface area contributed by atoms with Gasteiger partial charge in [0.05, 0.1) is 0 Å². The number of amides is 2. The Morgan fingerprint density at radius 3 is 2.36 bits per heavy atom. The zero-order valence-corrected chi connectivity index (χ0v) is 13.0. The third-order valence-corrected chi connectivity index (χ3v) is 3.83. The molecule has 6 heteroatoms. The quantitative estimate of drug-likeness (QED) is 0.911. The summed E-state index contributed by atoms with van der Waals surface area (Å²) in [6.07, 6.45) is 0.317. The average Bonchev–Trinajstić information content (AvgIpc) is 2.49. The highest BCUT2D eigenvalue weighted by Crippen LogP contribution is 2.13. The summed E-state index contributed by atoms with van der Waals surface area (Å²) >= 11 is 0. The molecule has 0 spiro atoms. The lowest BCUT2D eigenvalue weighted by molar-refractivity contribution is -0.132. The summed E-state index contributed by atoms with van der Waals surface area (Å²) in [5.74, 6) is -0.557. The fourth-order valence-electron chi connectivity index (χ4n) is 2.47. The minimum Gasteiger partial charge on any atom is -0.339 e. The number of halogens is 1. The Morgan fingerprint density at radius 2 is 1.82 bits per heavy atom. The summed E-state index contributed by atoms with van der Waals surface area (Å²) in [7, 11) is 0. The Kier molecular flexibility index (Phi) is 5.13. The molecule has 2 amide bonds. The molecule has 0 bridgehead atoms. The summed E-state index contributed by atoms with van der Waals surface area (Å²) in [6.45, 7) is 5.35. The third kappa shape index (κ3) is 3.82. The van der Waals surface area contributed by atoms with Crippen LogP contribution in [0.3, 0.4) is 0 Å². The van der Waals surface area contributed by atoms with Crippen LogP contribution >= 0.6 is 0 Å². The normalized spacial score (nSPS) is 16.5. The third-order valence-electron chi connectivity index (χ3n) is 3.83. The maximum atomic E-state index is 13.6. The monoisotopic (exact) mass is 307 g/mol. The second-order valence-electron chi connectivity index (χ2n) is 5.82. The van der Waals surface area contributed by atoms with Crippen LogP contribution in [0.2, 0.25) is 0 Å². The first-order valence-corrected chi connectivity index (χ1v) is 7.47. The van der Waals surface area contributed by atoms with Crippen LogP contribution in [0.5, 0.6) is 0 Å². The van der Waals surface area contributed by atoms with E-state index in [2.05, 4.69) is 0 Å². The van der Waals surface area contributed by atoms with Gasteiger partial charge in [0.15, 0.2) is 0 Å². The molecule has 1 aliphatic rings. The second kappa shape index (κ2) is 6.87. The van der Waals surface area contributed by atoms with Crippen molar-refractivity contribution in [3.63, 3.8) is 0 Å². The number of piperazine rings is 1. The van der Waals surface area contributed by atoms with Crippen LogP contribution in [0.4, 0.5) is 4.39 Å². The maximum absolute atomic E-state index is 13.6. The molecule has 1 fully saturated rings. The van der Waals surface area contributed by atoms with E-state index in [0.29, 0.717) is 43.7 Å². The highest BCUT2D eigenvalue weighted by molar-refractivity contribution is 5.94. The first-order chi connectivity index (χ1) is 10.4. The van der Waals surface area contributed by atoms with Gasteiger partial charge in [0.25, 0.3) is 5.91 Å². The van der Waals surface area contributed by atoms with Crippen molar-refractivity contribution < 1.29 is 14.0 Å². The molecular formula is C16H22FN3O2. The molecule has 1 aromatic carbocycles. The molecule has 1 saturated heterocycles. The van der Waals surface area contributed by atoms with Crippen molar-refractivity contribution in [2.45, 2.75) is 26.3 Å². The first kappa shape index (κ1) is 16.4. The molecule has 5 nitrogen and oxygen atoms in total. The number of nitrogens with zero attached hydrogens (tertiary/aromatic N) is 2. The van der Waals surface area contributed by atoms with E-state index in [1.807, 2.05) is 0 Å². The van der Waals surface area contributed by atoms with Crippen LogP contribution in [0, 0.1) is 12.7 Å². The van der Waals surface area contributed by atoms with Gasteiger partial charge in [-0.3, -0.25) is 9.59 Å². The lowest BCUT2D eigenvalue weighted by Gasteiger charge is -2.35.